The van der Waals surface area contributed by atoms with Crippen LogP contribution >= 0.6 is 0 Å². The Labute approximate surface area is 125 Å². The van der Waals surface area contributed by atoms with Crippen LogP contribution in [0.15, 0.2) is 4.52 Å². The van der Waals surface area contributed by atoms with E-state index in [1.165, 1.54) is 0 Å². The molecule has 1 atom stereocenters. The summed E-state index contributed by atoms with van der Waals surface area (Å²) in [4.78, 5) is 18.9. The van der Waals surface area contributed by atoms with Gasteiger partial charge in [0.25, 0.3) is 0 Å². The number of piperidine rings is 1. The first-order valence-electron chi connectivity index (χ1n) is 7.94. The standard InChI is InChI=1S/C15H24N4O2/c1-11-17-13(18-21-11)9-12-5-4-8-19(10-12)14(20)15(16)6-2-3-7-15/h12H,2-10,16H2,1H3/t12-/m0/s1. The number of nitrogens with zero attached hydrogens (tertiary/aromatic N) is 3. The molecule has 116 valence electrons. The topological polar surface area (TPSA) is 85.2 Å². The maximum atomic E-state index is 12.7. The van der Waals surface area contributed by atoms with E-state index in [0.717, 1.165) is 63.9 Å². The van der Waals surface area contributed by atoms with Crippen molar-refractivity contribution in [2.75, 3.05) is 13.1 Å². The molecule has 6 nitrogen and oxygen atoms in total. The van der Waals surface area contributed by atoms with E-state index in [0.29, 0.717) is 11.8 Å². The molecular weight excluding hydrogens is 268 g/mol. The van der Waals surface area contributed by atoms with E-state index in [9.17, 15) is 4.79 Å². The molecular formula is C15H24N4O2. The number of nitrogens with two attached hydrogens (primary N) is 1. The van der Waals surface area contributed by atoms with Gasteiger partial charge in [0.2, 0.25) is 11.8 Å². The second-order valence-corrected chi connectivity index (χ2v) is 6.56. The molecule has 1 saturated carbocycles. The van der Waals surface area contributed by atoms with Crippen LogP contribution in [0.3, 0.4) is 0 Å². The predicted molar refractivity (Wildman–Crippen MR) is 77.4 cm³/mol. The number of carbonyl (C=O) groups is 1. The molecule has 2 fully saturated rings. The number of carbonyl (C=O) groups excluding carboxylic acids is 1. The summed E-state index contributed by atoms with van der Waals surface area (Å²) in [5, 5.41) is 3.96. The van der Waals surface area contributed by atoms with Crippen LogP contribution in [0.1, 0.15) is 50.2 Å². The largest absolute Gasteiger partial charge is 0.341 e. The Kier molecular flexibility index (Phi) is 3.97. The Morgan fingerprint density at radius 1 is 1.43 bits per heavy atom. The van der Waals surface area contributed by atoms with Crippen LogP contribution in [0, 0.1) is 12.8 Å². The third-order valence-corrected chi connectivity index (χ3v) is 4.77. The van der Waals surface area contributed by atoms with Gasteiger partial charge in [-0.3, -0.25) is 4.79 Å². The minimum absolute atomic E-state index is 0.147. The summed E-state index contributed by atoms with van der Waals surface area (Å²) in [6.45, 7) is 3.40. The van der Waals surface area contributed by atoms with Crippen LogP contribution in [-0.4, -0.2) is 39.6 Å². The quantitative estimate of drug-likeness (QED) is 0.911. The lowest BCUT2D eigenvalue weighted by Crippen LogP contribution is -2.55. The van der Waals surface area contributed by atoms with Gasteiger partial charge in [-0.2, -0.15) is 4.98 Å². The first-order chi connectivity index (χ1) is 10.1. The maximum Gasteiger partial charge on any atom is 0.242 e. The summed E-state index contributed by atoms with van der Waals surface area (Å²) in [6.07, 6.45) is 6.72. The molecule has 3 rings (SSSR count). The molecule has 0 bridgehead atoms. The lowest BCUT2D eigenvalue weighted by Gasteiger charge is -2.37. The highest BCUT2D eigenvalue weighted by Crippen LogP contribution is 2.31. The van der Waals surface area contributed by atoms with Crippen molar-refractivity contribution in [3.05, 3.63) is 11.7 Å². The maximum absolute atomic E-state index is 12.7. The van der Waals surface area contributed by atoms with E-state index in [1.54, 1.807) is 6.92 Å². The SMILES string of the molecule is Cc1nc(C[C@@H]2CCCN(C(=O)C3(N)CCCC3)C2)no1. The molecule has 1 aliphatic heterocycles. The van der Waals surface area contributed by atoms with Gasteiger partial charge in [0.05, 0.1) is 5.54 Å². The van der Waals surface area contributed by atoms with Crippen LogP contribution in [0.5, 0.6) is 0 Å². The number of likely N-dealkylation sites (tertiary alicyclic amines) is 1. The number of hydrogen-bond acceptors (Lipinski definition) is 5. The second kappa shape index (κ2) is 5.75. The van der Waals surface area contributed by atoms with E-state index >= 15 is 0 Å². The molecule has 0 spiro atoms. The molecule has 0 radical (unpaired) electrons. The monoisotopic (exact) mass is 292 g/mol. The van der Waals surface area contributed by atoms with Crippen LogP contribution in [0.4, 0.5) is 0 Å². The predicted octanol–water partition coefficient (Wildman–Crippen LogP) is 1.43. The first-order valence-corrected chi connectivity index (χ1v) is 7.94. The van der Waals surface area contributed by atoms with Crippen LogP contribution in [0.25, 0.3) is 0 Å². The molecule has 2 heterocycles. The molecule has 0 aromatic carbocycles. The molecule has 2 aliphatic rings. The number of aryl methyl sites for hydroxylation is 1. The van der Waals surface area contributed by atoms with Crippen LogP contribution in [-0.2, 0) is 11.2 Å². The van der Waals surface area contributed by atoms with Crippen molar-refractivity contribution in [1.29, 1.82) is 0 Å². The molecule has 1 saturated heterocycles. The lowest BCUT2D eigenvalue weighted by molar-refractivity contribution is -0.138. The Morgan fingerprint density at radius 3 is 2.86 bits per heavy atom. The van der Waals surface area contributed by atoms with Crippen molar-refractivity contribution in [1.82, 2.24) is 15.0 Å². The van der Waals surface area contributed by atoms with Gasteiger partial charge in [-0.25, -0.2) is 0 Å². The van der Waals surface area contributed by atoms with Gasteiger partial charge in [0, 0.05) is 26.4 Å². The summed E-state index contributed by atoms with van der Waals surface area (Å²) in [5.74, 6) is 1.90. The van der Waals surface area contributed by atoms with Crippen molar-refractivity contribution in [2.45, 2.75) is 57.4 Å². The van der Waals surface area contributed by atoms with E-state index in [1.807, 2.05) is 4.90 Å². The van der Waals surface area contributed by atoms with Crippen LogP contribution < -0.4 is 5.73 Å². The summed E-state index contributed by atoms with van der Waals surface area (Å²) >= 11 is 0. The Bertz CT molecular complexity index is 508. The summed E-state index contributed by atoms with van der Waals surface area (Å²) in [5.41, 5.74) is 5.70. The molecule has 1 aliphatic carbocycles. The van der Waals surface area contributed by atoms with E-state index < -0.39 is 5.54 Å². The summed E-state index contributed by atoms with van der Waals surface area (Å²) < 4.78 is 5.02. The van der Waals surface area contributed by atoms with Gasteiger partial charge in [0.1, 0.15) is 0 Å². The van der Waals surface area contributed by atoms with E-state index in [4.69, 9.17) is 10.3 Å². The fourth-order valence-electron chi connectivity index (χ4n) is 3.63. The molecule has 1 aromatic rings. The summed E-state index contributed by atoms with van der Waals surface area (Å²) in [6, 6.07) is 0. The van der Waals surface area contributed by atoms with Gasteiger partial charge in [0.15, 0.2) is 5.82 Å². The average Bonchev–Trinajstić information content (AvgIpc) is 3.08. The number of aromatic nitrogens is 2. The summed E-state index contributed by atoms with van der Waals surface area (Å²) in [7, 11) is 0. The number of amides is 1. The van der Waals surface area contributed by atoms with Crippen molar-refractivity contribution in [3.8, 4) is 0 Å². The second-order valence-electron chi connectivity index (χ2n) is 6.56. The van der Waals surface area contributed by atoms with Gasteiger partial charge in [-0.15, -0.1) is 0 Å². The van der Waals surface area contributed by atoms with Crippen molar-refractivity contribution in [2.24, 2.45) is 11.7 Å². The van der Waals surface area contributed by atoms with E-state index in [2.05, 4.69) is 10.1 Å². The van der Waals surface area contributed by atoms with Crippen molar-refractivity contribution in [3.63, 3.8) is 0 Å². The average molecular weight is 292 g/mol. The Balaban J connectivity index is 1.61. The zero-order valence-electron chi connectivity index (χ0n) is 12.7. The Morgan fingerprint density at radius 2 is 2.19 bits per heavy atom. The number of hydrogen-bond donors (Lipinski definition) is 1. The number of rotatable bonds is 3. The van der Waals surface area contributed by atoms with Gasteiger partial charge in [-0.1, -0.05) is 18.0 Å². The van der Waals surface area contributed by atoms with Crippen molar-refractivity contribution >= 4 is 5.91 Å². The lowest BCUT2D eigenvalue weighted by atomic mass is 9.91. The fourth-order valence-corrected chi connectivity index (χ4v) is 3.63. The minimum atomic E-state index is -0.607. The van der Waals surface area contributed by atoms with Gasteiger partial charge >= 0.3 is 0 Å². The zero-order valence-corrected chi connectivity index (χ0v) is 12.7. The Hall–Kier alpha value is -1.43. The molecule has 21 heavy (non-hydrogen) atoms. The molecule has 2 N–H and O–H groups in total. The van der Waals surface area contributed by atoms with Gasteiger partial charge < -0.3 is 15.2 Å². The molecule has 0 unspecified atom stereocenters. The highest BCUT2D eigenvalue weighted by atomic mass is 16.5. The highest BCUT2D eigenvalue weighted by molar-refractivity contribution is 5.86. The third kappa shape index (κ3) is 3.10. The molecule has 6 heteroatoms. The third-order valence-electron chi connectivity index (χ3n) is 4.77. The highest BCUT2D eigenvalue weighted by Gasteiger charge is 2.41. The van der Waals surface area contributed by atoms with E-state index in [-0.39, 0.29) is 5.91 Å². The zero-order chi connectivity index (χ0) is 14.9. The normalized spacial score (nSPS) is 25.2. The van der Waals surface area contributed by atoms with Crippen LogP contribution in [0.2, 0.25) is 0 Å². The first kappa shape index (κ1) is 14.5. The minimum Gasteiger partial charge on any atom is -0.341 e. The fraction of sp³-hybridized carbons (Fsp3) is 0.800. The smallest absolute Gasteiger partial charge is 0.242 e. The molecule has 1 aromatic heterocycles. The van der Waals surface area contributed by atoms with Crippen molar-refractivity contribution < 1.29 is 9.32 Å². The van der Waals surface area contributed by atoms with Gasteiger partial charge in [-0.05, 0) is 31.6 Å². The molecule has 1 amide bonds.